The lowest BCUT2D eigenvalue weighted by Crippen LogP contribution is -2.22. The molecule has 0 bridgehead atoms. The van der Waals surface area contributed by atoms with Gasteiger partial charge in [0.1, 0.15) is 18.1 Å². The fourth-order valence-corrected chi connectivity index (χ4v) is 3.79. The molecule has 0 radical (unpaired) electrons. The molecule has 1 aromatic heterocycles. The van der Waals surface area contributed by atoms with Crippen molar-refractivity contribution in [1.29, 1.82) is 0 Å². The predicted octanol–water partition coefficient (Wildman–Crippen LogP) is 5.01. The van der Waals surface area contributed by atoms with Crippen molar-refractivity contribution >= 4 is 0 Å². The second-order valence-corrected chi connectivity index (χ2v) is 7.16. The lowest BCUT2D eigenvalue weighted by atomic mass is 10.0. The minimum atomic E-state index is 0.478. The first-order chi connectivity index (χ1) is 13.8. The molecule has 4 heteroatoms. The third-order valence-corrected chi connectivity index (χ3v) is 5.29. The van der Waals surface area contributed by atoms with Crippen LogP contribution in [-0.2, 0) is 13.2 Å². The van der Waals surface area contributed by atoms with Gasteiger partial charge < -0.3 is 9.47 Å². The molecule has 0 aliphatic carbocycles. The minimum Gasteiger partial charge on any atom is -0.497 e. The van der Waals surface area contributed by atoms with Crippen molar-refractivity contribution in [2.45, 2.75) is 32.0 Å². The molecule has 144 valence electrons. The number of rotatable bonds is 7. The number of aromatic nitrogens is 1. The monoisotopic (exact) mass is 374 g/mol. The summed E-state index contributed by atoms with van der Waals surface area (Å²) >= 11 is 0. The Balaban J connectivity index is 1.36. The van der Waals surface area contributed by atoms with Crippen molar-refractivity contribution in [2.75, 3.05) is 13.7 Å². The number of hydrogen-bond donors (Lipinski definition) is 0. The lowest BCUT2D eigenvalue weighted by Gasteiger charge is -2.25. The van der Waals surface area contributed by atoms with Crippen LogP contribution in [0.15, 0.2) is 72.9 Å². The van der Waals surface area contributed by atoms with E-state index in [1.54, 1.807) is 13.3 Å². The molecule has 2 aromatic carbocycles. The molecule has 0 N–H and O–H groups in total. The van der Waals surface area contributed by atoms with Crippen LogP contribution in [0.3, 0.4) is 0 Å². The average Bonchev–Trinajstić information content (AvgIpc) is 3.22. The van der Waals surface area contributed by atoms with Gasteiger partial charge in [0.15, 0.2) is 0 Å². The largest absolute Gasteiger partial charge is 0.497 e. The van der Waals surface area contributed by atoms with Gasteiger partial charge in [-0.15, -0.1) is 0 Å². The molecule has 1 fully saturated rings. The topological polar surface area (TPSA) is 34.6 Å². The van der Waals surface area contributed by atoms with Crippen molar-refractivity contribution in [3.8, 4) is 11.5 Å². The summed E-state index contributed by atoms with van der Waals surface area (Å²) in [4.78, 5) is 6.85. The molecular weight excluding hydrogens is 348 g/mol. The molecular formula is C24H26N2O2. The first-order valence-corrected chi connectivity index (χ1v) is 9.81. The van der Waals surface area contributed by atoms with Crippen molar-refractivity contribution in [1.82, 2.24) is 9.88 Å². The number of pyridine rings is 1. The van der Waals surface area contributed by atoms with E-state index in [4.69, 9.17) is 9.47 Å². The highest BCUT2D eigenvalue weighted by Crippen LogP contribution is 2.34. The quantitative estimate of drug-likeness (QED) is 0.582. The molecule has 28 heavy (non-hydrogen) atoms. The van der Waals surface area contributed by atoms with Crippen molar-refractivity contribution in [3.63, 3.8) is 0 Å². The standard InChI is InChI=1S/C24H26N2O2/c1-27-22-13-9-20(10-14-22)24-6-4-16-26(24)17-19-7-11-23(12-8-19)28-18-21-5-2-3-15-25-21/h2-3,5,7-15,24H,4,6,16-18H2,1H3/t24-/m1/s1. The summed E-state index contributed by atoms with van der Waals surface area (Å²) in [6.45, 7) is 2.58. The van der Waals surface area contributed by atoms with Crippen LogP contribution in [0.2, 0.25) is 0 Å². The Morgan fingerprint density at radius 1 is 0.964 bits per heavy atom. The van der Waals surface area contributed by atoms with Crippen molar-refractivity contribution < 1.29 is 9.47 Å². The molecule has 3 aromatic rings. The Bertz CT molecular complexity index is 863. The predicted molar refractivity (Wildman–Crippen MR) is 110 cm³/mol. The Hall–Kier alpha value is -2.85. The molecule has 0 spiro atoms. The normalized spacial score (nSPS) is 16.8. The Morgan fingerprint density at radius 3 is 2.46 bits per heavy atom. The van der Waals surface area contributed by atoms with Crippen molar-refractivity contribution in [2.24, 2.45) is 0 Å². The molecule has 1 atom stereocenters. The second-order valence-electron chi connectivity index (χ2n) is 7.16. The van der Waals surface area contributed by atoms with E-state index in [2.05, 4.69) is 58.4 Å². The van der Waals surface area contributed by atoms with Crippen molar-refractivity contribution in [3.05, 3.63) is 89.7 Å². The number of hydrogen-bond acceptors (Lipinski definition) is 4. The van der Waals surface area contributed by atoms with Crippen LogP contribution in [0.1, 0.15) is 35.7 Å². The summed E-state index contributed by atoms with van der Waals surface area (Å²) in [5.41, 5.74) is 3.62. The van der Waals surface area contributed by atoms with Gasteiger partial charge in [0.2, 0.25) is 0 Å². The third-order valence-electron chi connectivity index (χ3n) is 5.29. The average molecular weight is 374 g/mol. The first-order valence-electron chi connectivity index (χ1n) is 9.81. The zero-order valence-electron chi connectivity index (χ0n) is 16.3. The number of likely N-dealkylation sites (tertiary alicyclic amines) is 1. The maximum Gasteiger partial charge on any atom is 0.130 e. The summed E-state index contributed by atoms with van der Waals surface area (Å²) in [5, 5.41) is 0. The van der Waals surface area contributed by atoms with Crippen LogP contribution in [0.25, 0.3) is 0 Å². The van der Waals surface area contributed by atoms with E-state index in [9.17, 15) is 0 Å². The molecule has 0 unspecified atom stereocenters. The maximum absolute atomic E-state index is 5.84. The van der Waals surface area contributed by atoms with Gasteiger partial charge in [0.25, 0.3) is 0 Å². The third kappa shape index (κ3) is 4.52. The van der Waals surface area contributed by atoms with Crippen LogP contribution in [-0.4, -0.2) is 23.5 Å². The van der Waals surface area contributed by atoms with Crippen LogP contribution >= 0.6 is 0 Å². The highest BCUT2D eigenvalue weighted by molar-refractivity contribution is 5.31. The smallest absolute Gasteiger partial charge is 0.130 e. The van der Waals surface area contributed by atoms with E-state index in [0.717, 1.165) is 30.3 Å². The summed E-state index contributed by atoms with van der Waals surface area (Å²) in [5.74, 6) is 1.79. The highest BCUT2D eigenvalue weighted by Gasteiger charge is 2.25. The Morgan fingerprint density at radius 2 is 1.75 bits per heavy atom. The van der Waals surface area contributed by atoms with Gasteiger partial charge in [0.05, 0.1) is 12.8 Å². The number of ether oxygens (including phenoxy) is 2. The highest BCUT2D eigenvalue weighted by atomic mass is 16.5. The fraction of sp³-hybridized carbons (Fsp3) is 0.292. The summed E-state index contributed by atoms with van der Waals surface area (Å²) in [7, 11) is 1.71. The second kappa shape index (κ2) is 8.89. The van der Waals surface area contributed by atoms with Crippen LogP contribution in [0.4, 0.5) is 0 Å². The molecule has 0 amide bonds. The summed E-state index contributed by atoms with van der Waals surface area (Å²) in [6.07, 6.45) is 4.23. The number of benzene rings is 2. The Labute approximate surface area is 166 Å². The van der Waals surface area contributed by atoms with Gasteiger partial charge in [-0.1, -0.05) is 30.3 Å². The molecule has 4 nitrogen and oxygen atoms in total. The van der Waals surface area contributed by atoms with Crippen LogP contribution in [0.5, 0.6) is 11.5 Å². The molecule has 1 saturated heterocycles. The fourth-order valence-electron chi connectivity index (χ4n) is 3.79. The van der Waals surface area contributed by atoms with Crippen LogP contribution in [0, 0.1) is 0 Å². The maximum atomic E-state index is 5.84. The number of nitrogens with zero attached hydrogens (tertiary/aromatic N) is 2. The van der Waals surface area contributed by atoms with E-state index in [-0.39, 0.29) is 0 Å². The van der Waals surface area contributed by atoms with Gasteiger partial charge in [-0.25, -0.2) is 0 Å². The zero-order valence-corrected chi connectivity index (χ0v) is 16.3. The molecule has 1 aliphatic heterocycles. The SMILES string of the molecule is COc1ccc([C@H]2CCCN2Cc2ccc(OCc3ccccn3)cc2)cc1. The van der Waals surface area contributed by atoms with E-state index < -0.39 is 0 Å². The Kier molecular flexibility index (Phi) is 5.88. The summed E-state index contributed by atoms with van der Waals surface area (Å²) < 4.78 is 11.1. The van der Waals surface area contributed by atoms with E-state index in [1.165, 1.54) is 24.0 Å². The molecule has 0 saturated carbocycles. The van der Waals surface area contributed by atoms with E-state index >= 15 is 0 Å². The van der Waals surface area contributed by atoms with Gasteiger partial charge >= 0.3 is 0 Å². The zero-order chi connectivity index (χ0) is 19.2. The van der Waals surface area contributed by atoms with Gasteiger partial charge in [-0.2, -0.15) is 0 Å². The molecule has 1 aliphatic rings. The molecule has 4 rings (SSSR count). The van der Waals surface area contributed by atoms with Crippen LogP contribution < -0.4 is 9.47 Å². The van der Waals surface area contributed by atoms with E-state index in [0.29, 0.717) is 12.6 Å². The minimum absolute atomic E-state index is 0.478. The van der Waals surface area contributed by atoms with Gasteiger partial charge in [0, 0.05) is 18.8 Å². The van der Waals surface area contributed by atoms with Gasteiger partial charge in [-0.3, -0.25) is 9.88 Å². The van der Waals surface area contributed by atoms with E-state index in [1.807, 2.05) is 18.2 Å². The lowest BCUT2D eigenvalue weighted by molar-refractivity contribution is 0.248. The number of methoxy groups -OCH3 is 1. The molecule has 2 heterocycles. The first kappa shape index (κ1) is 18.5. The summed E-state index contributed by atoms with van der Waals surface area (Å²) in [6, 6.07) is 23.3. The van der Waals surface area contributed by atoms with Gasteiger partial charge in [-0.05, 0) is 66.9 Å².